The second-order valence-electron chi connectivity index (χ2n) is 4.23. The summed E-state index contributed by atoms with van der Waals surface area (Å²) in [6.45, 7) is 0. The van der Waals surface area contributed by atoms with Crippen molar-refractivity contribution in [2.24, 2.45) is 11.5 Å². The van der Waals surface area contributed by atoms with Gasteiger partial charge in [-0.05, 0) is 24.3 Å². The Morgan fingerprint density at radius 3 is 2.32 bits per heavy atom. The minimum absolute atomic E-state index is 0.0945. The van der Waals surface area contributed by atoms with Gasteiger partial charge in [-0.1, -0.05) is 0 Å². The van der Waals surface area contributed by atoms with Gasteiger partial charge in [0.2, 0.25) is 0 Å². The number of hydrogen-bond acceptors (Lipinski definition) is 5. The first-order valence-electron chi connectivity index (χ1n) is 6.07. The number of aromatic nitrogens is 2. The highest BCUT2D eigenvalue weighted by Crippen LogP contribution is 2.17. The quantitative estimate of drug-likeness (QED) is 0.694. The van der Waals surface area contributed by atoms with Gasteiger partial charge in [-0.25, -0.2) is 14.3 Å². The number of ether oxygens (including phenoxy) is 1. The van der Waals surface area contributed by atoms with E-state index in [1.165, 1.54) is 30.1 Å². The molecule has 0 aliphatic heterocycles. The summed E-state index contributed by atoms with van der Waals surface area (Å²) in [6.07, 6.45) is 1.39. The molecule has 1 aromatic carbocycles. The van der Waals surface area contributed by atoms with Crippen molar-refractivity contribution >= 4 is 23.6 Å². The van der Waals surface area contributed by atoms with Crippen molar-refractivity contribution in [1.29, 1.82) is 0 Å². The fraction of sp³-hybridized carbons (Fsp3) is 0.0769. The van der Waals surface area contributed by atoms with E-state index in [-0.39, 0.29) is 11.4 Å². The zero-order valence-corrected chi connectivity index (χ0v) is 11.6. The van der Waals surface area contributed by atoms with Gasteiger partial charge in [-0.3, -0.25) is 4.79 Å². The van der Waals surface area contributed by atoms with Crippen molar-refractivity contribution in [3.63, 3.8) is 0 Å². The molecule has 0 unspecified atom stereocenters. The Morgan fingerprint density at radius 1 is 1.18 bits per heavy atom. The van der Waals surface area contributed by atoms with E-state index in [9.17, 15) is 14.4 Å². The average molecular weight is 303 g/mol. The molecule has 1 heterocycles. The zero-order chi connectivity index (χ0) is 16.3. The molecule has 1 aromatic heterocycles. The van der Waals surface area contributed by atoms with Crippen LogP contribution in [0, 0.1) is 0 Å². The molecule has 0 aliphatic rings. The number of amides is 3. The van der Waals surface area contributed by atoms with Crippen LogP contribution in [-0.2, 0) is 4.74 Å². The van der Waals surface area contributed by atoms with Gasteiger partial charge in [0.05, 0.1) is 30.2 Å². The molecule has 3 amide bonds. The van der Waals surface area contributed by atoms with Crippen LogP contribution in [0.15, 0.2) is 30.5 Å². The summed E-state index contributed by atoms with van der Waals surface area (Å²) in [7, 11) is 1.28. The summed E-state index contributed by atoms with van der Waals surface area (Å²) >= 11 is 0. The maximum Gasteiger partial charge on any atom is 0.337 e. The molecule has 114 valence electrons. The van der Waals surface area contributed by atoms with Crippen molar-refractivity contribution in [3.05, 3.63) is 41.7 Å². The van der Waals surface area contributed by atoms with E-state index in [0.717, 1.165) is 0 Å². The number of primary amides is 2. The molecule has 9 nitrogen and oxygen atoms in total. The third-order valence-electron chi connectivity index (χ3n) is 2.76. The third-order valence-corrected chi connectivity index (χ3v) is 2.76. The Balaban J connectivity index is 2.38. The second-order valence-corrected chi connectivity index (χ2v) is 4.23. The van der Waals surface area contributed by atoms with Crippen LogP contribution in [0.2, 0.25) is 0 Å². The van der Waals surface area contributed by atoms with E-state index in [2.05, 4.69) is 15.2 Å². The summed E-state index contributed by atoms with van der Waals surface area (Å²) in [4.78, 5) is 33.6. The van der Waals surface area contributed by atoms with Gasteiger partial charge in [0, 0.05) is 0 Å². The Labute approximate surface area is 124 Å². The number of hydrogen-bond donors (Lipinski definition) is 3. The van der Waals surface area contributed by atoms with E-state index in [4.69, 9.17) is 11.5 Å². The summed E-state index contributed by atoms with van der Waals surface area (Å²) < 4.78 is 5.92. The standard InChI is InChI=1S/C13H13N5O4/c1-22-12(20)7-2-4-8(5-3-7)18-6-9(16-13(15)21)10(17-18)11(14)19/h2-6H,1H3,(H2,14,19)(H3,15,16,21). The summed E-state index contributed by atoms with van der Waals surface area (Å²) in [6, 6.07) is 5.42. The molecular formula is C13H13N5O4. The fourth-order valence-corrected chi connectivity index (χ4v) is 1.78. The van der Waals surface area contributed by atoms with Crippen molar-refractivity contribution in [3.8, 4) is 5.69 Å². The van der Waals surface area contributed by atoms with Crippen molar-refractivity contribution in [2.75, 3.05) is 12.4 Å². The van der Waals surface area contributed by atoms with Gasteiger partial charge in [0.15, 0.2) is 5.69 Å². The lowest BCUT2D eigenvalue weighted by atomic mass is 10.2. The molecule has 2 rings (SSSR count). The largest absolute Gasteiger partial charge is 0.465 e. The summed E-state index contributed by atoms with van der Waals surface area (Å²) in [5.74, 6) is -1.28. The first-order valence-corrected chi connectivity index (χ1v) is 6.07. The first kappa shape index (κ1) is 15.0. The number of urea groups is 1. The lowest BCUT2D eigenvalue weighted by molar-refractivity contribution is 0.0600. The van der Waals surface area contributed by atoms with Crippen molar-refractivity contribution in [1.82, 2.24) is 9.78 Å². The number of nitrogens with one attached hydrogen (secondary N) is 1. The number of nitrogens with zero attached hydrogens (tertiary/aromatic N) is 2. The minimum atomic E-state index is -0.844. The minimum Gasteiger partial charge on any atom is -0.465 e. The molecule has 22 heavy (non-hydrogen) atoms. The highest BCUT2D eigenvalue weighted by atomic mass is 16.5. The number of benzene rings is 1. The molecule has 0 aliphatic carbocycles. The van der Waals surface area contributed by atoms with Gasteiger partial charge in [-0.2, -0.15) is 5.10 Å². The molecule has 2 aromatic rings. The molecule has 0 bridgehead atoms. The van der Waals surface area contributed by atoms with E-state index < -0.39 is 17.9 Å². The van der Waals surface area contributed by atoms with Gasteiger partial charge < -0.3 is 21.5 Å². The number of methoxy groups -OCH3 is 1. The lowest BCUT2D eigenvalue weighted by Gasteiger charge is -2.02. The maximum atomic E-state index is 11.4. The molecule has 0 atom stereocenters. The van der Waals surface area contributed by atoms with Gasteiger partial charge in [0.1, 0.15) is 0 Å². The Bertz CT molecular complexity index is 735. The lowest BCUT2D eigenvalue weighted by Crippen LogP contribution is -2.22. The molecule has 9 heteroatoms. The van der Waals surface area contributed by atoms with E-state index in [1.54, 1.807) is 12.1 Å². The fourth-order valence-electron chi connectivity index (χ4n) is 1.78. The van der Waals surface area contributed by atoms with Gasteiger partial charge in [0.25, 0.3) is 5.91 Å². The average Bonchev–Trinajstić information content (AvgIpc) is 2.90. The van der Waals surface area contributed by atoms with Crippen LogP contribution < -0.4 is 16.8 Å². The highest BCUT2D eigenvalue weighted by Gasteiger charge is 2.16. The topological polar surface area (TPSA) is 142 Å². The zero-order valence-electron chi connectivity index (χ0n) is 11.6. The molecule has 0 saturated heterocycles. The van der Waals surface area contributed by atoms with Crippen molar-refractivity contribution in [2.45, 2.75) is 0 Å². The number of rotatable bonds is 4. The summed E-state index contributed by atoms with van der Waals surface area (Å²) in [5, 5.41) is 6.25. The smallest absolute Gasteiger partial charge is 0.337 e. The number of carbonyl (C=O) groups is 3. The molecular weight excluding hydrogens is 290 g/mol. The maximum absolute atomic E-state index is 11.4. The predicted octanol–water partition coefficient (Wildman–Crippen LogP) is 0.248. The number of nitrogens with two attached hydrogens (primary N) is 2. The molecule has 0 spiro atoms. The third kappa shape index (κ3) is 3.03. The van der Waals surface area contributed by atoms with E-state index >= 15 is 0 Å². The van der Waals surface area contributed by atoms with Crippen LogP contribution in [0.4, 0.5) is 10.5 Å². The summed E-state index contributed by atoms with van der Waals surface area (Å²) in [5.41, 5.74) is 11.1. The van der Waals surface area contributed by atoms with Gasteiger partial charge in [-0.15, -0.1) is 0 Å². The predicted molar refractivity (Wildman–Crippen MR) is 76.6 cm³/mol. The first-order chi connectivity index (χ1) is 10.4. The normalized spacial score (nSPS) is 10.0. The Kier molecular flexibility index (Phi) is 4.07. The highest BCUT2D eigenvalue weighted by molar-refractivity contribution is 6.00. The molecule has 5 N–H and O–H groups in total. The number of esters is 1. The van der Waals surface area contributed by atoms with E-state index in [0.29, 0.717) is 11.3 Å². The number of anilines is 1. The van der Waals surface area contributed by atoms with Crippen molar-refractivity contribution < 1.29 is 19.1 Å². The molecule has 0 saturated carbocycles. The van der Waals surface area contributed by atoms with Gasteiger partial charge >= 0.3 is 12.0 Å². The molecule has 0 radical (unpaired) electrons. The second kappa shape index (κ2) is 5.95. The molecule has 0 fully saturated rings. The van der Waals surface area contributed by atoms with Crippen LogP contribution in [0.1, 0.15) is 20.8 Å². The van der Waals surface area contributed by atoms with E-state index in [1.807, 2.05) is 0 Å². The Morgan fingerprint density at radius 2 is 1.82 bits per heavy atom. The van der Waals surface area contributed by atoms with Crippen LogP contribution in [0.5, 0.6) is 0 Å². The van der Waals surface area contributed by atoms with Crippen LogP contribution in [-0.4, -0.2) is 34.8 Å². The van der Waals surface area contributed by atoms with Crippen LogP contribution in [0.3, 0.4) is 0 Å². The van der Waals surface area contributed by atoms with Crippen LogP contribution >= 0.6 is 0 Å². The Hall–Kier alpha value is -3.36. The SMILES string of the molecule is COC(=O)c1ccc(-n2cc(NC(N)=O)c(C(N)=O)n2)cc1. The van der Waals surface area contributed by atoms with Crippen LogP contribution in [0.25, 0.3) is 5.69 Å². The number of carbonyl (C=O) groups excluding carboxylic acids is 3. The monoisotopic (exact) mass is 303 g/mol.